The zero-order chi connectivity index (χ0) is 18.7. The number of nitrogens with zero attached hydrogens (tertiary/aromatic N) is 2. The minimum Gasteiger partial charge on any atom is -0.345 e. The number of pyridine rings is 1. The van der Waals surface area contributed by atoms with Gasteiger partial charge in [-0.15, -0.1) is 11.3 Å². The van der Waals surface area contributed by atoms with Crippen LogP contribution < -0.4 is 5.32 Å². The molecule has 3 rings (SSSR count). The number of nitrogens with one attached hydrogen (secondary N) is 2. The molecular formula is C17H20N4O3S2. The van der Waals surface area contributed by atoms with Crippen molar-refractivity contribution in [1.82, 2.24) is 15.0 Å². The highest BCUT2D eigenvalue weighted by Crippen LogP contribution is 2.30. The lowest BCUT2D eigenvalue weighted by molar-refractivity contribution is -0.115. The average molecular weight is 393 g/mol. The van der Waals surface area contributed by atoms with E-state index < -0.39 is 21.0 Å². The lowest BCUT2D eigenvalue weighted by Crippen LogP contribution is -2.36. The molecule has 3 aromatic rings. The smallest absolute Gasteiger partial charge is 0.244 e. The van der Waals surface area contributed by atoms with Gasteiger partial charge in [0.2, 0.25) is 5.91 Å². The molecule has 0 radical (unpaired) electrons. The summed E-state index contributed by atoms with van der Waals surface area (Å²) in [5.41, 5.74) is 2.35. The van der Waals surface area contributed by atoms with Crippen molar-refractivity contribution in [1.29, 1.82) is 0 Å². The van der Waals surface area contributed by atoms with Gasteiger partial charge in [0.1, 0.15) is 10.9 Å². The molecule has 3 heterocycles. The highest BCUT2D eigenvalue weighted by molar-refractivity contribution is 7.92. The molecule has 9 heteroatoms. The third kappa shape index (κ3) is 3.63. The minimum absolute atomic E-state index is 0.0590. The molecule has 26 heavy (non-hydrogen) atoms. The highest BCUT2D eigenvalue weighted by atomic mass is 32.2. The Morgan fingerprint density at radius 2 is 2.19 bits per heavy atom. The molecule has 0 saturated heterocycles. The van der Waals surface area contributed by atoms with Gasteiger partial charge in [-0.1, -0.05) is 20.3 Å². The fraction of sp³-hybridized carbons (Fsp3) is 0.353. The quantitative estimate of drug-likeness (QED) is 0.642. The molecule has 3 aromatic heterocycles. The third-order valence-corrected chi connectivity index (χ3v) is 7.02. The fourth-order valence-electron chi connectivity index (χ4n) is 2.75. The maximum absolute atomic E-state index is 12.5. The predicted molar refractivity (Wildman–Crippen MR) is 104 cm³/mol. The number of carbonyl (C=O) groups excluding carboxylic acids is 1. The molecule has 1 unspecified atom stereocenters. The first-order valence-electron chi connectivity index (χ1n) is 8.36. The highest BCUT2D eigenvalue weighted by Gasteiger charge is 2.30. The van der Waals surface area contributed by atoms with Gasteiger partial charge in [0.05, 0.1) is 5.69 Å². The second-order valence-electron chi connectivity index (χ2n) is 5.86. The predicted octanol–water partition coefficient (Wildman–Crippen LogP) is 3.23. The first kappa shape index (κ1) is 18.5. The molecule has 0 aromatic carbocycles. The summed E-state index contributed by atoms with van der Waals surface area (Å²) < 4.78 is 24.3. The van der Waals surface area contributed by atoms with Crippen molar-refractivity contribution >= 4 is 43.2 Å². The SMILES string of the molecule is CCCC(C(=O)Nc1nc(-c2c[nH]c3ncccc23)cs1)S(=O)(=O)CC. The molecule has 0 aliphatic heterocycles. The fourth-order valence-corrected chi connectivity index (χ4v) is 4.84. The van der Waals surface area contributed by atoms with Gasteiger partial charge < -0.3 is 10.3 Å². The van der Waals surface area contributed by atoms with Crippen molar-refractivity contribution in [3.05, 3.63) is 29.9 Å². The van der Waals surface area contributed by atoms with Gasteiger partial charge in [-0.3, -0.25) is 4.79 Å². The van der Waals surface area contributed by atoms with E-state index in [0.717, 1.165) is 16.6 Å². The molecule has 2 N–H and O–H groups in total. The van der Waals surface area contributed by atoms with E-state index in [-0.39, 0.29) is 5.75 Å². The molecule has 1 amide bonds. The van der Waals surface area contributed by atoms with Crippen LogP contribution in [0.25, 0.3) is 22.3 Å². The molecule has 0 aliphatic rings. The number of hydrogen-bond donors (Lipinski definition) is 2. The molecule has 0 spiro atoms. The molecule has 0 aliphatic carbocycles. The van der Waals surface area contributed by atoms with Crippen LogP contribution in [0.2, 0.25) is 0 Å². The Hall–Kier alpha value is -2.26. The van der Waals surface area contributed by atoms with Crippen LogP contribution in [0.3, 0.4) is 0 Å². The number of anilines is 1. The van der Waals surface area contributed by atoms with Crippen LogP contribution >= 0.6 is 11.3 Å². The van der Waals surface area contributed by atoms with Crippen molar-refractivity contribution in [3.8, 4) is 11.3 Å². The van der Waals surface area contributed by atoms with Gasteiger partial charge in [-0.2, -0.15) is 0 Å². The van der Waals surface area contributed by atoms with Crippen LogP contribution in [0.15, 0.2) is 29.9 Å². The summed E-state index contributed by atoms with van der Waals surface area (Å²) in [6.07, 6.45) is 4.44. The average Bonchev–Trinajstić information content (AvgIpc) is 3.25. The van der Waals surface area contributed by atoms with Crippen LogP contribution in [0.1, 0.15) is 26.7 Å². The van der Waals surface area contributed by atoms with Gasteiger partial charge in [0, 0.05) is 34.5 Å². The topological polar surface area (TPSA) is 105 Å². The van der Waals surface area contributed by atoms with Crippen molar-refractivity contribution in [2.24, 2.45) is 0 Å². The number of sulfone groups is 1. The van der Waals surface area contributed by atoms with E-state index in [2.05, 4.69) is 20.3 Å². The number of fused-ring (bicyclic) bond motifs is 1. The third-order valence-electron chi connectivity index (χ3n) is 4.14. The monoisotopic (exact) mass is 392 g/mol. The van der Waals surface area contributed by atoms with Gasteiger partial charge in [0.15, 0.2) is 15.0 Å². The largest absolute Gasteiger partial charge is 0.345 e. The summed E-state index contributed by atoms with van der Waals surface area (Å²) in [4.78, 5) is 24.2. The summed E-state index contributed by atoms with van der Waals surface area (Å²) in [7, 11) is -3.46. The second-order valence-corrected chi connectivity index (χ2v) is 9.19. The van der Waals surface area contributed by atoms with Crippen LogP contribution in [0.5, 0.6) is 0 Å². The Morgan fingerprint density at radius 3 is 2.92 bits per heavy atom. The van der Waals surface area contributed by atoms with Crippen molar-refractivity contribution in [2.45, 2.75) is 31.9 Å². The summed E-state index contributed by atoms with van der Waals surface area (Å²) in [5.74, 6) is -0.577. The Kier molecular flexibility index (Phi) is 5.38. The van der Waals surface area contributed by atoms with Crippen LogP contribution in [0.4, 0.5) is 5.13 Å². The molecule has 0 bridgehead atoms. The number of amides is 1. The number of aromatic amines is 1. The maximum atomic E-state index is 12.5. The zero-order valence-corrected chi connectivity index (χ0v) is 16.2. The lowest BCUT2D eigenvalue weighted by atomic mass is 10.2. The van der Waals surface area contributed by atoms with Crippen LogP contribution in [-0.4, -0.2) is 40.3 Å². The first-order valence-corrected chi connectivity index (χ1v) is 11.0. The normalized spacial score (nSPS) is 13.0. The lowest BCUT2D eigenvalue weighted by Gasteiger charge is -2.14. The molecule has 7 nitrogen and oxygen atoms in total. The van der Waals surface area contributed by atoms with E-state index in [9.17, 15) is 13.2 Å². The number of aromatic nitrogens is 3. The number of H-pyrrole nitrogens is 1. The molecular weight excluding hydrogens is 372 g/mol. The summed E-state index contributed by atoms with van der Waals surface area (Å²) in [5, 5.41) is 4.77. The molecule has 0 saturated carbocycles. The zero-order valence-electron chi connectivity index (χ0n) is 14.5. The first-order chi connectivity index (χ1) is 12.5. The Morgan fingerprint density at radius 1 is 1.38 bits per heavy atom. The van der Waals surface area contributed by atoms with E-state index in [1.807, 2.05) is 30.6 Å². The van der Waals surface area contributed by atoms with E-state index >= 15 is 0 Å². The maximum Gasteiger partial charge on any atom is 0.244 e. The molecule has 0 fully saturated rings. The standard InChI is InChI=1S/C17H20N4O3S2/c1-3-6-14(26(23,24)4-2)16(22)21-17-20-13(10-25-17)12-9-19-15-11(12)7-5-8-18-15/h5,7-10,14H,3-4,6H2,1-2H3,(H,18,19)(H,20,21,22). The van der Waals surface area contributed by atoms with Crippen molar-refractivity contribution in [3.63, 3.8) is 0 Å². The number of rotatable bonds is 7. The number of carbonyl (C=O) groups is 1. The summed E-state index contributed by atoms with van der Waals surface area (Å²) >= 11 is 1.27. The van der Waals surface area contributed by atoms with Crippen LogP contribution in [-0.2, 0) is 14.6 Å². The minimum atomic E-state index is -3.46. The van der Waals surface area contributed by atoms with E-state index in [1.54, 1.807) is 13.1 Å². The Bertz CT molecular complexity index is 1020. The number of hydrogen-bond acceptors (Lipinski definition) is 6. The van der Waals surface area contributed by atoms with E-state index in [1.165, 1.54) is 11.3 Å². The summed E-state index contributed by atoms with van der Waals surface area (Å²) in [6.45, 7) is 3.41. The van der Waals surface area contributed by atoms with E-state index in [0.29, 0.717) is 23.7 Å². The second kappa shape index (κ2) is 7.55. The van der Waals surface area contributed by atoms with E-state index in [4.69, 9.17) is 0 Å². The van der Waals surface area contributed by atoms with Crippen molar-refractivity contribution in [2.75, 3.05) is 11.1 Å². The van der Waals surface area contributed by atoms with Gasteiger partial charge in [0.25, 0.3) is 0 Å². The van der Waals surface area contributed by atoms with Gasteiger partial charge in [-0.05, 0) is 18.6 Å². The summed E-state index contributed by atoms with van der Waals surface area (Å²) in [6, 6.07) is 3.79. The molecule has 1 atom stereocenters. The van der Waals surface area contributed by atoms with Crippen LogP contribution in [0, 0.1) is 0 Å². The number of thiazole rings is 1. The Labute approximate surface area is 155 Å². The van der Waals surface area contributed by atoms with Crippen molar-refractivity contribution < 1.29 is 13.2 Å². The Balaban J connectivity index is 1.83. The van der Waals surface area contributed by atoms with Gasteiger partial charge >= 0.3 is 0 Å². The van der Waals surface area contributed by atoms with Gasteiger partial charge in [-0.25, -0.2) is 18.4 Å². The molecule has 138 valence electrons.